The third kappa shape index (κ3) is 8.01. The lowest BCUT2D eigenvalue weighted by molar-refractivity contribution is -0.384. The Bertz CT molecular complexity index is 1410. The predicted octanol–water partition coefficient (Wildman–Crippen LogP) is 3.89. The van der Waals surface area contributed by atoms with E-state index in [9.17, 15) is 23.3 Å². The van der Waals surface area contributed by atoms with Crippen LogP contribution in [0, 0.1) is 17.0 Å². The van der Waals surface area contributed by atoms with Crippen LogP contribution >= 0.6 is 11.3 Å². The van der Waals surface area contributed by atoms with Crippen molar-refractivity contribution in [2.75, 3.05) is 47.6 Å². The molecule has 3 rings (SSSR count). The normalized spacial score (nSPS) is 11.4. The van der Waals surface area contributed by atoms with Gasteiger partial charge in [-0.2, -0.15) is 4.31 Å². The van der Waals surface area contributed by atoms with Gasteiger partial charge in [0.1, 0.15) is 0 Å². The number of sulfonamides is 1. The Morgan fingerprint density at radius 3 is 2.25 bits per heavy atom. The average Bonchev–Trinajstić information content (AvgIpc) is 3.37. The Labute approximate surface area is 238 Å². The number of carbonyl (C=O) groups is 1. The lowest BCUT2D eigenvalue weighted by Gasteiger charge is -2.27. The summed E-state index contributed by atoms with van der Waals surface area (Å²) in [4.78, 5) is 27.6. The number of carbonyl (C=O) groups excluding carboxylic acids is 1. The van der Waals surface area contributed by atoms with Crippen molar-refractivity contribution >= 4 is 33.0 Å². The van der Waals surface area contributed by atoms with Gasteiger partial charge in [-0.1, -0.05) is 6.07 Å². The Hall–Kier alpha value is -3.52. The summed E-state index contributed by atoms with van der Waals surface area (Å²) in [6, 6.07) is 14.0. The molecule has 0 saturated heterocycles. The van der Waals surface area contributed by atoms with E-state index in [1.54, 1.807) is 36.5 Å². The van der Waals surface area contributed by atoms with Gasteiger partial charge in [0.05, 0.1) is 43.7 Å². The molecule has 0 unspecified atom stereocenters. The van der Waals surface area contributed by atoms with Crippen molar-refractivity contribution in [3.63, 3.8) is 0 Å². The molecule has 0 saturated carbocycles. The highest BCUT2D eigenvalue weighted by molar-refractivity contribution is 7.89. The maximum absolute atomic E-state index is 13.6. The van der Waals surface area contributed by atoms with Crippen molar-refractivity contribution in [1.29, 1.82) is 0 Å². The molecule has 1 aromatic heterocycles. The summed E-state index contributed by atoms with van der Waals surface area (Å²) >= 11 is 1.57. The molecular formula is C27H33N3O8S2. The fraction of sp³-hybridized carbons (Fsp3) is 0.370. The number of nitro groups is 1. The molecule has 0 aliphatic carbocycles. The molecule has 0 N–H and O–H groups in total. The number of non-ortho nitro benzene ring substituents is 1. The van der Waals surface area contributed by atoms with Crippen LogP contribution in [-0.2, 0) is 32.5 Å². The summed E-state index contributed by atoms with van der Waals surface area (Å²) in [6.07, 6.45) is 0.504. The fourth-order valence-corrected chi connectivity index (χ4v) is 6.25. The molecule has 0 aliphatic rings. The number of ether oxygens (including phenoxy) is 3. The minimum Gasteiger partial charge on any atom is -0.493 e. The molecule has 2 aromatic carbocycles. The molecular weight excluding hydrogens is 558 g/mol. The maximum atomic E-state index is 13.6. The number of aryl methyl sites for hydroxylation is 1. The molecule has 0 atom stereocenters. The van der Waals surface area contributed by atoms with Crippen LogP contribution in [0.2, 0.25) is 0 Å². The zero-order chi connectivity index (χ0) is 29.3. The van der Waals surface area contributed by atoms with Crippen molar-refractivity contribution in [1.82, 2.24) is 9.21 Å². The van der Waals surface area contributed by atoms with Crippen LogP contribution in [0.25, 0.3) is 0 Å². The molecule has 216 valence electrons. The number of methoxy groups -OCH3 is 3. The van der Waals surface area contributed by atoms with Gasteiger partial charge in [0.25, 0.3) is 5.69 Å². The molecule has 0 spiro atoms. The second-order valence-electron chi connectivity index (χ2n) is 8.85. The number of hydrogen-bond donors (Lipinski definition) is 0. The number of hydrogen-bond acceptors (Lipinski definition) is 9. The first-order chi connectivity index (χ1) is 19.1. The number of rotatable bonds is 15. The van der Waals surface area contributed by atoms with Gasteiger partial charge in [0.2, 0.25) is 15.9 Å². The van der Waals surface area contributed by atoms with Gasteiger partial charge >= 0.3 is 0 Å². The van der Waals surface area contributed by atoms with Crippen LogP contribution in [0.1, 0.15) is 15.3 Å². The standard InChI is InChI=1S/C27H33N3O8S2/c1-20-5-9-23(39-20)18-28(14-13-21-6-12-25(37-3)26(17-21)38-4)27(31)19-29(15-16-36-2)40(34,35)24-10-7-22(8-11-24)30(32)33/h5-12,17H,13-16,18-19H2,1-4H3. The highest BCUT2D eigenvalue weighted by atomic mass is 32.2. The molecule has 0 fully saturated rings. The van der Waals surface area contributed by atoms with Crippen molar-refractivity contribution in [2.45, 2.75) is 24.8 Å². The zero-order valence-corrected chi connectivity index (χ0v) is 24.5. The number of nitrogens with zero attached hydrogens (tertiary/aromatic N) is 3. The fourth-order valence-electron chi connectivity index (χ4n) is 3.97. The van der Waals surface area contributed by atoms with E-state index >= 15 is 0 Å². The minimum absolute atomic E-state index is 0.0647. The first-order valence-electron chi connectivity index (χ1n) is 12.4. The van der Waals surface area contributed by atoms with Crippen molar-refractivity contribution in [2.24, 2.45) is 0 Å². The molecule has 40 heavy (non-hydrogen) atoms. The summed E-state index contributed by atoms with van der Waals surface area (Å²) in [7, 11) is 0.405. The van der Waals surface area contributed by atoms with E-state index < -0.39 is 21.5 Å². The highest BCUT2D eigenvalue weighted by Gasteiger charge is 2.29. The quantitative estimate of drug-likeness (QED) is 0.192. The van der Waals surface area contributed by atoms with Gasteiger partial charge < -0.3 is 19.1 Å². The van der Waals surface area contributed by atoms with Gasteiger partial charge in [-0.15, -0.1) is 11.3 Å². The molecule has 0 radical (unpaired) electrons. The van der Waals surface area contributed by atoms with Crippen LogP contribution < -0.4 is 9.47 Å². The maximum Gasteiger partial charge on any atom is 0.269 e. The SMILES string of the molecule is COCCN(CC(=O)N(CCc1ccc(OC)c(OC)c1)Cc1ccc(C)s1)S(=O)(=O)c1ccc([N+](=O)[O-])cc1. The lowest BCUT2D eigenvalue weighted by atomic mass is 10.1. The molecule has 11 nitrogen and oxygen atoms in total. The summed E-state index contributed by atoms with van der Waals surface area (Å²) in [5.41, 5.74) is 0.693. The number of benzene rings is 2. The summed E-state index contributed by atoms with van der Waals surface area (Å²) in [5, 5.41) is 11.0. The van der Waals surface area contributed by atoms with Crippen LogP contribution in [0.15, 0.2) is 59.5 Å². The highest BCUT2D eigenvalue weighted by Crippen LogP contribution is 2.28. The lowest BCUT2D eigenvalue weighted by Crippen LogP contribution is -2.44. The molecule has 0 bridgehead atoms. The van der Waals surface area contributed by atoms with Gasteiger partial charge in [0, 0.05) is 42.1 Å². The van der Waals surface area contributed by atoms with Crippen LogP contribution in [0.5, 0.6) is 11.5 Å². The second-order valence-corrected chi connectivity index (χ2v) is 12.2. The summed E-state index contributed by atoms with van der Waals surface area (Å²) in [5.74, 6) is 0.790. The van der Waals surface area contributed by atoms with Crippen LogP contribution in [0.4, 0.5) is 5.69 Å². The molecule has 0 aliphatic heterocycles. The summed E-state index contributed by atoms with van der Waals surface area (Å²) in [6.45, 7) is 2.21. The zero-order valence-electron chi connectivity index (χ0n) is 22.9. The first kappa shape index (κ1) is 31.0. The van der Waals surface area contributed by atoms with Crippen molar-refractivity contribution in [3.8, 4) is 11.5 Å². The minimum atomic E-state index is -4.14. The Balaban J connectivity index is 1.85. The van der Waals surface area contributed by atoms with E-state index in [0.29, 0.717) is 31.0 Å². The second kappa shape index (κ2) is 14.2. The molecule has 1 amide bonds. The average molecular weight is 592 g/mol. The van der Waals surface area contributed by atoms with Gasteiger partial charge in [-0.25, -0.2) is 8.42 Å². The third-order valence-electron chi connectivity index (χ3n) is 6.16. The Morgan fingerprint density at radius 1 is 0.975 bits per heavy atom. The van der Waals surface area contributed by atoms with E-state index in [4.69, 9.17) is 14.2 Å². The van der Waals surface area contributed by atoms with Gasteiger partial charge in [-0.05, 0) is 55.3 Å². The monoisotopic (exact) mass is 591 g/mol. The Morgan fingerprint density at radius 2 is 1.68 bits per heavy atom. The smallest absolute Gasteiger partial charge is 0.269 e. The van der Waals surface area contributed by atoms with Gasteiger partial charge in [0.15, 0.2) is 11.5 Å². The summed E-state index contributed by atoms with van der Waals surface area (Å²) < 4.78 is 43.8. The van der Waals surface area contributed by atoms with Crippen molar-refractivity contribution < 1.29 is 32.3 Å². The molecule has 1 heterocycles. The topological polar surface area (TPSA) is 129 Å². The van der Waals surface area contributed by atoms with E-state index in [1.807, 2.05) is 31.2 Å². The van der Waals surface area contributed by atoms with Crippen LogP contribution in [-0.4, -0.2) is 76.0 Å². The van der Waals surface area contributed by atoms with Gasteiger partial charge in [-0.3, -0.25) is 14.9 Å². The number of nitro benzene ring substituents is 1. The van der Waals surface area contributed by atoms with E-state index in [1.165, 1.54) is 19.2 Å². The predicted molar refractivity (Wildman–Crippen MR) is 151 cm³/mol. The molecule has 13 heteroatoms. The van der Waals surface area contributed by atoms with E-state index in [2.05, 4.69) is 0 Å². The first-order valence-corrected chi connectivity index (χ1v) is 14.6. The largest absolute Gasteiger partial charge is 0.493 e. The number of amides is 1. The van der Waals surface area contributed by atoms with E-state index in [-0.39, 0.29) is 29.6 Å². The third-order valence-corrected chi connectivity index (χ3v) is 9.00. The Kier molecular flexibility index (Phi) is 11.0. The van der Waals surface area contributed by atoms with Crippen LogP contribution in [0.3, 0.4) is 0 Å². The van der Waals surface area contributed by atoms with Crippen molar-refractivity contribution in [3.05, 3.63) is 80.0 Å². The molecule has 3 aromatic rings. The van der Waals surface area contributed by atoms with E-state index in [0.717, 1.165) is 31.8 Å². The number of thiophene rings is 1.